The van der Waals surface area contributed by atoms with Crippen molar-refractivity contribution in [3.8, 4) is 0 Å². The molecule has 10 heteroatoms. The van der Waals surface area contributed by atoms with Crippen molar-refractivity contribution >= 4 is 23.9 Å². The molecule has 0 atom stereocenters. The molecule has 41 heavy (non-hydrogen) atoms. The topological polar surface area (TPSA) is 156 Å². The molecule has 0 radical (unpaired) electrons. The van der Waals surface area contributed by atoms with Gasteiger partial charge in [-0.05, 0) is 61.9 Å². The van der Waals surface area contributed by atoms with E-state index < -0.39 is 23.9 Å². The molecule has 0 spiro atoms. The van der Waals surface area contributed by atoms with Crippen molar-refractivity contribution in [3.05, 3.63) is 95.1 Å². The Morgan fingerprint density at radius 3 is 1.78 bits per heavy atom. The summed E-state index contributed by atoms with van der Waals surface area (Å²) in [7, 11) is 0. The Bertz CT molecular complexity index is 1170. The molecular formula is C31H38N2O8. The lowest BCUT2D eigenvalue weighted by Crippen LogP contribution is -2.40. The Kier molecular flexibility index (Phi) is 14.0. The third-order valence-electron chi connectivity index (χ3n) is 6.66. The van der Waals surface area contributed by atoms with Gasteiger partial charge in [0.15, 0.2) is 0 Å². The van der Waals surface area contributed by atoms with Gasteiger partial charge in [-0.25, -0.2) is 19.2 Å². The van der Waals surface area contributed by atoms with E-state index in [1.54, 1.807) is 11.1 Å². The Balaban J connectivity index is 0.000000304. The summed E-state index contributed by atoms with van der Waals surface area (Å²) in [5.41, 5.74) is 5.95. The summed E-state index contributed by atoms with van der Waals surface area (Å²) in [6, 6.07) is 18.0. The van der Waals surface area contributed by atoms with Gasteiger partial charge >= 0.3 is 23.9 Å². The number of rotatable bonds is 8. The zero-order chi connectivity index (χ0) is 30.2. The summed E-state index contributed by atoms with van der Waals surface area (Å²) in [6.07, 6.45) is 6.16. The number of nitrogens with zero attached hydrogens (tertiary/aromatic N) is 2. The molecule has 2 aliphatic heterocycles. The van der Waals surface area contributed by atoms with E-state index in [-0.39, 0.29) is 0 Å². The maximum Gasteiger partial charge on any atom is 0.328 e. The van der Waals surface area contributed by atoms with E-state index in [1.165, 1.54) is 56.6 Å². The first kappa shape index (κ1) is 32.9. The van der Waals surface area contributed by atoms with Crippen molar-refractivity contribution in [2.24, 2.45) is 5.92 Å². The van der Waals surface area contributed by atoms with Gasteiger partial charge in [0.25, 0.3) is 0 Å². The van der Waals surface area contributed by atoms with E-state index in [4.69, 9.17) is 20.4 Å². The molecule has 1 fully saturated rings. The maximum absolute atomic E-state index is 9.55. The first-order chi connectivity index (χ1) is 19.5. The highest BCUT2D eigenvalue weighted by Gasteiger charge is 2.23. The molecule has 0 amide bonds. The van der Waals surface area contributed by atoms with E-state index in [1.807, 2.05) is 0 Å². The summed E-state index contributed by atoms with van der Waals surface area (Å²) < 4.78 is 0. The van der Waals surface area contributed by atoms with Crippen LogP contribution in [-0.2, 0) is 38.7 Å². The van der Waals surface area contributed by atoms with E-state index in [0.717, 1.165) is 19.0 Å². The number of hydrogen-bond acceptors (Lipinski definition) is 6. The Morgan fingerprint density at radius 2 is 1.27 bits per heavy atom. The number of benzene rings is 2. The van der Waals surface area contributed by atoms with Crippen molar-refractivity contribution in [3.63, 3.8) is 0 Å². The van der Waals surface area contributed by atoms with Crippen LogP contribution < -0.4 is 0 Å². The molecule has 0 saturated carbocycles. The van der Waals surface area contributed by atoms with Crippen LogP contribution in [0.3, 0.4) is 0 Å². The second-order valence-corrected chi connectivity index (χ2v) is 9.98. The van der Waals surface area contributed by atoms with Gasteiger partial charge in [-0.3, -0.25) is 9.80 Å². The molecule has 2 heterocycles. The lowest BCUT2D eigenvalue weighted by molar-refractivity contribution is -0.134. The number of piperidine rings is 1. The first-order valence-electron chi connectivity index (χ1n) is 13.4. The average Bonchev–Trinajstić information content (AvgIpc) is 2.92. The van der Waals surface area contributed by atoms with E-state index in [2.05, 4.69) is 65.3 Å². The van der Waals surface area contributed by atoms with Gasteiger partial charge in [-0.2, -0.15) is 0 Å². The lowest BCUT2D eigenvalue weighted by Gasteiger charge is -2.36. The molecule has 220 valence electrons. The second-order valence-electron chi connectivity index (χ2n) is 9.98. The average molecular weight is 567 g/mol. The Labute approximate surface area is 239 Å². The predicted octanol–water partition coefficient (Wildman–Crippen LogP) is 3.69. The Morgan fingerprint density at radius 1 is 0.732 bits per heavy atom. The minimum atomic E-state index is -1.26. The predicted molar refractivity (Wildman–Crippen MR) is 153 cm³/mol. The fourth-order valence-corrected chi connectivity index (χ4v) is 4.76. The molecule has 0 bridgehead atoms. The van der Waals surface area contributed by atoms with Crippen LogP contribution in [0.5, 0.6) is 0 Å². The number of carboxylic acid groups (broad SMARTS) is 4. The standard InChI is InChI=1S/C23H30N2.2C4H4O4/c1-19-5-4-6-21(15-19)17-24-12-9-20(10-13-24)16-25-14-11-22-7-2-3-8-23(22)18-25;2*5-3(6)1-2-4(7)8/h2-8,15,20H,9-14,16-18H2,1H3;2*1-2H,(H,5,6)(H,7,8). The number of carboxylic acids is 4. The molecule has 10 nitrogen and oxygen atoms in total. The van der Waals surface area contributed by atoms with Gasteiger partial charge in [0.05, 0.1) is 0 Å². The zero-order valence-electron chi connectivity index (χ0n) is 23.2. The third-order valence-corrected chi connectivity index (χ3v) is 6.66. The number of aryl methyl sites for hydroxylation is 1. The van der Waals surface area contributed by atoms with Gasteiger partial charge in [0.1, 0.15) is 0 Å². The van der Waals surface area contributed by atoms with Crippen molar-refractivity contribution in [2.75, 3.05) is 26.2 Å². The Hall–Kier alpha value is -4.28. The lowest BCUT2D eigenvalue weighted by atomic mass is 9.93. The van der Waals surface area contributed by atoms with Crippen molar-refractivity contribution in [1.82, 2.24) is 9.80 Å². The van der Waals surface area contributed by atoms with E-state index in [9.17, 15) is 19.2 Å². The molecule has 2 aromatic carbocycles. The van der Waals surface area contributed by atoms with E-state index in [0.29, 0.717) is 24.3 Å². The molecule has 0 aliphatic carbocycles. The van der Waals surface area contributed by atoms with Crippen LogP contribution in [-0.4, -0.2) is 80.3 Å². The number of fused-ring (bicyclic) bond motifs is 1. The third kappa shape index (κ3) is 14.1. The molecule has 0 unspecified atom stereocenters. The molecule has 2 aliphatic rings. The largest absolute Gasteiger partial charge is 0.478 e. The SMILES string of the molecule is Cc1cccc(CN2CCC(CN3CCc4ccccc4C3)CC2)c1.O=C(O)C=CC(=O)O.O=C(O)C=CC(=O)O. The normalized spacial score (nSPS) is 15.7. The van der Waals surface area contributed by atoms with Gasteiger partial charge in [0.2, 0.25) is 0 Å². The molecule has 1 saturated heterocycles. The number of carbonyl (C=O) groups is 4. The van der Waals surface area contributed by atoms with Crippen LogP contribution in [0.4, 0.5) is 0 Å². The van der Waals surface area contributed by atoms with Gasteiger partial charge < -0.3 is 20.4 Å². The smallest absolute Gasteiger partial charge is 0.328 e. The second kappa shape index (κ2) is 17.4. The number of aliphatic carboxylic acids is 4. The highest BCUT2D eigenvalue weighted by atomic mass is 16.4. The first-order valence-corrected chi connectivity index (χ1v) is 13.4. The van der Waals surface area contributed by atoms with Crippen LogP contribution in [0.15, 0.2) is 72.8 Å². The van der Waals surface area contributed by atoms with Crippen LogP contribution in [0.25, 0.3) is 0 Å². The van der Waals surface area contributed by atoms with E-state index >= 15 is 0 Å². The number of hydrogen-bond donors (Lipinski definition) is 4. The summed E-state index contributed by atoms with van der Waals surface area (Å²) in [5, 5.41) is 31.2. The summed E-state index contributed by atoms with van der Waals surface area (Å²) in [4.78, 5) is 43.5. The van der Waals surface area contributed by atoms with Crippen LogP contribution in [0.2, 0.25) is 0 Å². The molecule has 4 rings (SSSR count). The van der Waals surface area contributed by atoms with Crippen LogP contribution in [0.1, 0.15) is 35.1 Å². The summed E-state index contributed by atoms with van der Waals surface area (Å²) >= 11 is 0. The fraction of sp³-hybridized carbons (Fsp3) is 0.355. The van der Waals surface area contributed by atoms with Crippen molar-refractivity contribution in [2.45, 2.75) is 39.3 Å². The van der Waals surface area contributed by atoms with Gasteiger partial charge in [-0.1, -0.05) is 54.1 Å². The minimum Gasteiger partial charge on any atom is -0.478 e. The fourth-order valence-electron chi connectivity index (χ4n) is 4.76. The number of likely N-dealkylation sites (tertiary alicyclic amines) is 1. The molecule has 0 aromatic heterocycles. The monoisotopic (exact) mass is 566 g/mol. The zero-order valence-corrected chi connectivity index (χ0v) is 23.2. The minimum absolute atomic E-state index is 0.558. The van der Waals surface area contributed by atoms with Crippen LogP contribution >= 0.6 is 0 Å². The highest BCUT2D eigenvalue weighted by molar-refractivity contribution is 5.90. The maximum atomic E-state index is 9.55. The highest BCUT2D eigenvalue weighted by Crippen LogP contribution is 2.24. The van der Waals surface area contributed by atoms with Crippen LogP contribution in [0, 0.1) is 12.8 Å². The van der Waals surface area contributed by atoms with Gasteiger partial charge in [-0.15, -0.1) is 0 Å². The molecular weight excluding hydrogens is 528 g/mol. The molecule has 2 aromatic rings. The quantitative estimate of drug-likeness (QED) is 0.348. The summed E-state index contributed by atoms with van der Waals surface area (Å²) in [6.45, 7) is 9.48. The summed E-state index contributed by atoms with van der Waals surface area (Å²) in [5.74, 6) is -4.15. The van der Waals surface area contributed by atoms with Crippen molar-refractivity contribution in [1.29, 1.82) is 0 Å². The van der Waals surface area contributed by atoms with Crippen molar-refractivity contribution < 1.29 is 39.6 Å². The van der Waals surface area contributed by atoms with Gasteiger partial charge in [0, 0.05) is 50.5 Å². The molecule has 4 N–H and O–H groups in total.